The molecule has 0 spiro atoms. The molecule has 5 heteroatoms. The Kier molecular flexibility index (Phi) is 3.89. The topological polar surface area (TPSA) is 58.1 Å². The Labute approximate surface area is 119 Å². The summed E-state index contributed by atoms with van der Waals surface area (Å²) in [5, 5.41) is 3.36. The lowest BCUT2D eigenvalue weighted by molar-refractivity contribution is -0.124. The molecule has 0 saturated carbocycles. The van der Waals surface area contributed by atoms with Gasteiger partial charge < -0.3 is 9.73 Å². The SMILES string of the molecule is Cc1coc(CCC(C(=O)C2CC(C)CN2)N2CC2)n1. The Morgan fingerprint density at radius 2 is 2.40 bits per heavy atom. The molecule has 2 aliphatic rings. The van der Waals surface area contributed by atoms with E-state index in [2.05, 4.69) is 22.1 Å². The first-order chi connectivity index (χ1) is 9.63. The number of nitrogens with zero attached hydrogens (tertiary/aromatic N) is 2. The number of aromatic nitrogens is 1. The molecular formula is C15H23N3O2. The van der Waals surface area contributed by atoms with Crippen molar-refractivity contribution in [3.05, 3.63) is 17.8 Å². The third-order valence-electron chi connectivity index (χ3n) is 4.24. The number of hydrogen-bond donors (Lipinski definition) is 1. The molecule has 3 unspecified atom stereocenters. The Morgan fingerprint density at radius 1 is 1.60 bits per heavy atom. The number of hydrogen-bond acceptors (Lipinski definition) is 5. The van der Waals surface area contributed by atoms with Crippen molar-refractivity contribution in [2.75, 3.05) is 19.6 Å². The summed E-state index contributed by atoms with van der Waals surface area (Å²) < 4.78 is 5.38. The average Bonchev–Trinajstić information content (AvgIpc) is 3.02. The van der Waals surface area contributed by atoms with Crippen LogP contribution in [0.4, 0.5) is 0 Å². The smallest absolute Gasteiger partial charge is 0.194 e. The van der Waals surface area contributed by atoms with Crippen LogP contribution in [0.5, 0.6) is 0 Å². The van der Waals surface area contributed by atoms with Crippen molar-refractivity contribution in [1.29, 1.82) is 0 Å². The van der Waals surface area contributed by atoms with Gasteiger partial charge in [-0.05, 0) is 32.2 Å². The molecule has 0 bridgehead atoms. The van der Waals surface area contributed by atoms with Gasteiger partial charge in [-0.1, -0.05) is 6.92 Å². The normalized spacial score (nSPS) is 27.7. The number of ketones is 1. The largest absolute Gasteiger partial charge is 0.449 e. The minimum atomic E-state index is 0.0324. The number of aryl methyl sites for hydroxylation is 2. The molecule has 2 saturated heterocycles. The molecule has 1 aromatic heterocycles. The van der Waals surface area contributed by atoms with Crippen LogP contribution in [0, 0.1) is 12.8 Å². The van der Waals surface area contributed by atoms with Gasteiger partial charge >= 0.3 is 0 Å². The Bertz CT molecular complexity index is 481. The van der Waals surface area contributed by atoms with Gasteiger partial charge in [0.15, 0.2) is 11.7 Å². The third kappa shape index (κ3) is 3.10. The van der Waals surface area contributed by atoms with Gasteiger partial charge in [0.05, 0.1) is 17.8 Å². The first-order valence-corrected chi connectivity index (χ1v) is 7.55. The molecule has 0 radical (unpaired) electrons. The number of rotatable bonds is 6. The highest BCUT2D eigenvalue weighted by Gasteiger charge is 2.38. The lowest BCUT2D eigenvalue weighted by Crippen LogP contribution is -2.42. The Hall–Kier alpha value is -1.20. The van der Waals surface area contributed by atoms with Gasteiger partial charge in [0, 0.05) is 19.5 Å². The molecule has 2 aliphatic heterocycles. The zero-order valence-corrected chi connectivity index (χ0v) is 12.3. The molecule has 110 valence electrons. The van der Waals surface area contributed by atoms with Gasteiger partial charge in [0.25, 0.3) is 0 Å². The molecule has 3 atom stereocenters. The molecular weight excluding hydrogens is 254 g/mol. The number of oxazole rings is 1. The molecule has 3 rings (SSSR count). The van der Waals surface area contributed by atoms with E-state index in [1.807, 2.05) is 6.92 Å². The van der Waals surface area contributed by atoms with E-state index in [4.69, 9.17) is 4.42 Å². The van der Waals surface area contributed by atoms with Gasteiger partial charge in [-0.15, -0.1) is 0 Å². The zero-order valence-electron chi connectivity index (χ0n) is 12.3. The van der Waals surface area contributed by atoms with E-state index in [9.17, 15) is 4.79 Å². The predicted octanol–water partition coefficient (Wildman–Crippen LogP) is 1.17. The van der Waals surface area contributed by atoms with Crippen LogP contribution < -0.4 is 5.32 Å². The first kappa shape index (κ1) is 13.8. The van der Waals surface area contributed by atoms with Gasteiger partial charge in [-0.3, -0.25) is 9.69 Å². The quantitative estimate of drug-likeness (QED) is 0.791. The van der Waals surface area contributed by atoms with Gasteiger partial charge in [0.2, 0.25) is 0 Å². The van der Waals surface area contributed by atoms with Crippen LogP contribution in [0.1, 0.15) is 31.4 Å². The molecule has 3 heterocycles. The van der Waals surface area contributed by atoms with Crippen LogP contribution in [-0.2, 0) is 11.2 Å². The highest BCUT2D eigenvalue weighted by Crippen LogP contribution is 2.22. The van der Waals surface area contributed by atoms with Crippen LogP contribution in [-0.4, -0.2) is 47.4 Å². The van der Waals surface area contributed by atoms with Gasteiger partial charge in [0.1, 0.15) is 6.26 Å². The van der Waals surface area contributed by atoms with Crippen molar-refractivity contribution >= 4 is 5.78 Å². The first-order valence-electron chi connectivity index (χ1n) is 7.55. The highest BCUT2D eigenvalue weighted by atomic mass is 16.3. The molecule has 0 amide bonds. The minimum Gasteiger partial charge on any atom is -0.449 e. The summed E-state index contributed by atoms with van der Waals surface area (Å²) in [7, 11) is 0. The average molecular weight is 277 g/mol. The van der Waals surface area contributed by atoms with E-state index >= 15 is 0 Å². The van der Waals surface area contributed by atoms with E-state index in [0.717, 1.165) is 50.5 Å². The number of nitrogens with one attached hydrogen (secondary N) is 1. The predicted molar refractivity (Wildman–Crippen MR) is 75.5 cm³/mol. The van der Waals surface area contributed by atoms with E-state index in [1.54, 1.807) is 6.26 Å². The maximum absolute atomic E-state index is 12.6. The lowest BCUT2D eigenvalue weighted by atomic mass is 9.97. The second-order valence-corrected chi connectivity index (χ2v) is 6.18. The van der Waals surface area contributed by atoms with Gasteiger partial charge in [-0.2, -0.15) is 0 Å². The van der Waals surface area contributed by atoms with Crippen LogP contribution in [0.3, 0.4) is 0 Å². The fraction of sp³-hybridized carbons (Fsp3) is 0.733. The maximum atomic E-state index is 12.6. The van der Waals surface area contributed by atoms with Crippen LogP contribution >= 0.6 is 0 Å². The fourth-order valence-corrected chi connectivity index (χ4v) is 3.01. The lowest BCUT2D eigenvalue weighted by Gasteiger charge is -2.20. The number of carbonyl (C=O) groups is 1. The van der Waals surface area contributed by atoms with E-state index in [0.29, 0.717) is 11.7 Å². The summed E-state index contributed by atoms with van der Waals surface area (Å²) in [6.07, 6.45) is 4.19. The number of Topliss-reactive ketones (excluding diaryl/α,β-unsaturated/α-hetero) is 1. The monoisotopic (exact) mass is 277 g/mol. The summed E-state index contributed by atoms with van der Waals surface area (Å²) in [4.78, 5) is 19.2. The van der Waals surface area contributed by atoms with Crippen LogP contribution in [0.2, 0.25) is 0 Å². The van der Waals surface area contributed by atoms with E-state index in [1.165, 1.54) is 0 Å². The van der Waals surface area contributed by atoms with Crippen molar-refractivity contribution in [1.82, 2.24) is 15.2 Å². The van der Waals surface area contributed by atoms with Crippen LogP contribution in [0.15, 0.2) is 10.7 Å². The third-order valence-corrected chi connectivity index (χ3v) is 4.24. The van der Waals surface area contributed by atoms with Gasteiger partial charge in [-0.25, -0.2) is 4.98 Å². The molecule has 0 aliphatic carbocycles. The molecule has 1 aromatic rings. The van der Waals surface area contributed by atoms with E-state index in [-0.39, 0.29) is 12.1 Å². The van der Waals surface area contributed by atoms with Crippen molar-refractivity contribution in [3.8, 4) is 0 Å². The zero-order chi connectivity index (χ0) is 14.1. The minimum absolute atomic E-state index is 0.0324. The molecule has 1 N–H and O–H groups in total. The second kappa shape index (κ2) is 5.66. The summed E-state index contributed by atoms with van der Waals surface area (Å²) >= 11 is 0. The molecule has 5 nitrogen and oxygen atoms in total. The van der Waals surface area contributed by atoms with Crippen molar-refractivity contribution in [2.45, 2.75) is 45.2 Å². The highest BCUT2D eigenvalue weighted by molar-refractivity contribution is 5.89. The molecule has 2 fully saturated rings. The fourth-order valence-electron chi connectivity index (χ4n) is 3.01. The second-order valence-electron chi connectivity index (χ2n) is 6.18. The summed E-state index contributed by atoms with van der Waals surface area (Å²) in [5.41, 5.74) is 0.904. The maximum Gasteiger partial charge on any atom is 0.194 e. The summed E-state index contributed by atoms with van der Waals surface area (Å²) in [6.45, 7) is 7.17. The Balaban J connectivity index is 1.59. The summed E-state index contributed by atoms with van der Waals surface area (Å²) in [6, 6.07) is 0.0758. The van der Waals surface area contributed by atoms with Crippen molar-refractivity contribution < 1.29 is 9.21 Å². The van der Waals surface area contributed by atoms with Crippen molar-refractivity contribution in [3.63, 3.8) is 0 Å². The molecule has 0 aromatic carbocycles. The van der Waals surface area contributed by atoms with E-state index < -0.39 is 0 Å². The standard InChI is InChI=1S/C15H23N3O2/c1-10-7-12(16-8-10)15(19)13(18-5-6-18)3-4-14-17-11(2)9-20-14/h9-10,12-13,16H,3-8H2,1-2H3. The molecule has 20 heavy (non-hydrogen) atoms. The summed E-state index contributed by atoms with van der Waals surface area (Å²) in [5.74, 6) is 1.71. The Morgan fingerprint density at radius 3 is 2.95 bits per heavy atom. The number of carbonyl (C=O) groups excluding carboxylic acids is 1. The van der Waals surface area contributed by atoms with Crippen molar-refractivity contribution in [2.24, 2.45) is 5.92 Å². The van der Waals surface area contributed by atoms with Crippen LogP contribution in [0.25, 0.3) is 0 Å².